The van der Waals surface area contributed by atoms with Gasteiger partial charge in [-0.1, -0.05) is 93.9 Å². The molecule has 5 heteroatoms. The van der Waals surface area contributed by atoms with Gasteiger partial charge in [-0.05, 0) is 36.8 Å². The van der Waals surface area contributed by atoms with E-state index in [0.717, 1.165) is 25.7 Å². The van der Waals surface area contributed by atoms with E-state index < -0.39 is 20.3 Å². The van der Waals surface area contributed by atoms with Gasteiger partial charge in [-0.25, -0.2) is 8.78 Å². The second kappa shape index (κ2) is 7.64. The average molecular weight is 512 g/mol. The number of alkyl halides is 2. The standard InChI is InChI=1S/C23H22Br2F2O/c24-22(13-15-9-10-15,17-5-1-3-7-19(17)26)21(28)23(25,14-16-11-12-16)18-6-2-4-8-20(18)27/h1-8,15-16H,9-14H2. The van der Waals surface area contributed by atoms with Crippen LogP contribution in [-0.4, -0.2) is 5.78 Å². The number of carbonyl (C=O) groups is 1. The number of rotatable bonds is 8. The van der Waals surface area contributed by atoms with Gasteiger partial charge in [0.2, 0.25) is 0 Å². The molecule has 0 amide bonds. The Balaban J connectivity index is 1.82. The maximum absolute atomic E-state index is 14.8. The molecule has 0 spiro atoms. The minimum absolute atomic E-state index is 0.214. The van der Waals surface area contributed by atoms with Gasteiger partial charge < -0.3 is 0 Å². The van der Waals surface area contributed by atoms with E-state index in [1.165, 1.54) is 12.1 Å². The first-order valence-electron chi connectivity index (χ1n) is 9.77. The highest BCUT2D eigenvalue weighted by Gasteiger charge is 2.54. The molecule has 148 valence electrons. The summed E-state index contributed by atoms with van der Waals surface area (Å²) in [6.07, 6.45) is 5.16. The Hall–Kier alpha value is -1.07. The highest BCUT2D eigenvalue weighted by molar-refractivity contribution is 9.10. The van der Waals surface area contributed by atoms with Gasteiger partial charge in [0.1, 0.15) is 20.3 Å². The summed E-state index contributed by atoms with van der Waals surface area (Å²) in [7, 11) is 0. The lowest BCUT2D eigenvalue weighted by atomic mass is 9.78. The van der Waals surface area contributed by atoms with Crippen molar-refractivity contribution in [2.75, 3.05) is 0 Å². The molecule has 28 heavy (non-hydrogen) atoms. The highest BCUT2D eigenvalue weighted by atomic mass is 79.9. The number of ketones is 1. The Morgan fingerprint density at radius 2 is 1.14 bits per heavy atom. The number of carbonyl (C=O) groups excluding carboxylic acids is 1. The molecule has 2 aliphatic carbocycles. The van der Waals surface area contributed by atoms with Crippen LogP contribution in [0.5, 0.6) is 0 Å². The molecule has 0 saturated heterocycles. The largest absolute Gasteiger partial charge is 0.296 e. The maximum Gasteiger partial charge on any atom is 0.175 e. The molecule has 2 aliphatic rings. The third-order valence-electron chi connectivity index (χ3n) is 5.86. The predicted octanol–water partition coefficient (Wildman–Crippen LogP) is 7.01. The molecule has 2 saturated carbocycles. The van der Waals surface area contributed by atoms with Crippen LogP contribution in [0.2, 0.25) is 0 Å². The molecule has 2 fully saturated rings. The number of halogens is 4. The molecule has 0 heterocycles. The molecule has 1 nitrogen and oxygen atoms in total. The summed E-state index contributed by atoms with van der Waals surface area (Å²) in [6, 6.07) is 12.8. The van der Waals surface area contributed by atoms with Crippen LogP contribution in [0, 0.1) is 23.5 Å². The van der Waals surface area contributed by atoms with Gasteiger partial charge in [-0.2, -0.15) is 0 Å². The van der Waals surface area contributed by atoms with Crippen molar-refractivity contribution in [1.29, 1.82) is 0 Å². The molecule has 0 aliphatic heterocycles. The van der Waals surface area contributed by atoms with Crippen molar-refractivity contribution in [2.24, 2.45) is 11.8 Å². The topological polar surface area (TPSA) is 17.1 Å². The normalized spacial score (nSPS) is 21.0. The smallest absolute Gasteiger partial charge is 0.175 e. The molecule has 4 rings (SSSR count). The van der Waals surface area contributed by atoms with Crippen LogP contribution in [0.1, 0.15) is 49.7 Å². The fourth-order valence-electron chi connectivity index (χ4n) is 3.97. The summed E-state index contributed by atoms with van der Waals surface area (Å²) >= 11 is 7.35. The van der Waals surface area contributed by atoms with Crippen molar-refractivity contribution < 1.29 is 13.6 Å². The summed E-state index contributed by atoms with van der Waals surface area (Å²) in [4.78, 5) is 14.1. The summed E-state index contributed by atoms with van der Waals surface area (Å²) in [6.45, 7) is 0. The third-order valence-corrected chi connectivity index (χ3v) is 8.08. The van der Waals surface area contributed by atoms with Crippen molar-refractivity contribution in [3.8, 4) is 0 Å². The van der Waals surface area contributed by atoms with Crippen molar-refractivity contribution in [3.05, 3.63) is 71.3 Å². The van der Waals surface area contributed by atoms with E-state index in [4.69, 9.17) is 0 Å². The van der Waals surface area contributed by atoms with Crippen LogP contribution in [0.25, 0.3) is 0 Å². The average Bonchev–Trinajstić information content (AvgIpc) is 3.59. The van der Waals surface area contributed by atoms with Crippen molar-refractivity contribution in [1.82, 2.24) is 0 Å². The second-order valence-corrected chi connectivity index (χ2v) is 10.9. The molecule has 2 aromatic carbocycles. The van der Waals surface area contributed by atoms with Gasteiger partial charge in [0.15, 0.2) is 5.78 Å². The van der Waals surface area contributed by atoms with Gasteiger partial charge in [-0.3, -0.25) is 4.79 Å². The Bertz CT molecular complexity index is 822. The fourth-order valence-corrected chi connectivity index (χ4v) is 6.47. The van der Waals surface area contributed by atoms with E-state index in [1.807, 2.05) is 0 Å². The molecule has 0 bridgehead atoms. The molecule has 0 aromatic heterocycles. The monoisotopic (exact) mass is 510 g/mol. The fraction of sp³-hybridized carbons (Fsp3) is 0.435. The van der Waals surface area contributed by atoms with Gasteiger partial charge in [0, 0.05) is 11.1 Å². The van der Waals surface area contributed by atoms with Gasteiger partial charge in [0.05, 0.1) is 0 Å². The summed E-state index contributed by atoms with van der Waals surface area (Å²) < 4.78 is 27.2. The molecule has 0 radical (unpaired) electrons. The number of Topliss-reactive ketones (excluding diaryl/α,β-unsaturated/α-hetero) is 1. The number of hydrogen-bond acceptors (Lipinski definition) is 1. The van der Waals surface area contributed by atoms with Gasteiger partial charge in [0.25, 0.3) is 0 Å². The number of benzene rings is 2. The minimum atomic E-state index is -1.19. The Kier molecular flexibility index (Phi) is 5.51. The second-order valence-electron chi connectivity index (χ2n) is 8.19. The number of hydrogen-bond donors (Lipinski definition) is 0. The SMILES string of the molecule is O=C(C(Br)(CC1CC1)c1ccccc1F)C(Br)(CC1CC1)c1ccccc1F. The quantitative estimate of drug-likeness (QED) is 0.348. The molecule has 2 aromatic rings. The predicted molar refractivity (Wildman–Crippen MR) is 114 cm³/mol. The first-order chi connectivity index (χ1) is 13.3. The van der Waals surface area contributed by atoms with E-state index in [2.05, 4.69) is 31.9 Å². The lowest BCUT2D eigenvalue weighted by molar-refractivity contribution is -0.124. The van der Waals surface area contributed by atoms with Crippen LogP contribution < -0.4 is 0 Å². The molecular formula is C23H22Br2F2O. The lowest BCUT2D eigenvalue weighted by Crippen LogP contribution is -2.44. The van der Waals surface area contributed by atoms with Crippen LogP contribution in [-0.2, 0) is 13.4 Å². The molecule has 2 atom stereocenters. The van der Waals surface area contributed by atoms with Crippen LogP contribution in [0.3, 0.4) is 0 Å². The van der Waals surface area contributed by atoms with Crippen LogP contribution in [0.15, 0.2) is 48.5 Å². The molecular weight excluding hydrogens is 490 g/mol. The Labute approximate surface area is 181 Å². The van der Waals surface area contributed by atoms with E-state index in [0.29, 0.717) is 35.8 Å². The van der Waals surface area contributed by atoms with E-state index in [9.17, 15) is 13.6 Å². The summed E-state index contributed by atoms with van der Waals surface area (Å²) in [5, 5.41) is 0. The third kappa shape index (κ3) is 3.85. The van der Waals surface area contributed by atoms with Crippen molar-refractivity contribution >= 4 is 37.6 Å². The Morgan fingerprint density at radius 3 is 1.46 bits per heavy atom. The van der Waals surface area contributed by atoms with Gasteiger partial charge in [-0.15, -0.1) is 0 Å². The van der Waals surface area contributed by atoms with Gasteiger partial charge >= 0.3 is 0 Å². The zero-order chi connectivity index (χ0) is 19.9. The van der Waals surface area contributed by atoms with E-state index in [1.54, 1.807) is 36.4 Å². The van der Waals surface area contributed by atoms with Crippen molar-refractivity contribution in [2.45, 2.75) is 47.2 Å². The minimum Gasteiger partial charge on any atom is -0.296 e. The molecule has 0 N–H and O–H groups in total. The Morgan fingerprint density at radius 1 is 0.786 bits per heavy atom. The van der Waals surface area contributed by atoms with Crippen LogP contribution >= 0.6 is 31.9 Å². The van der Waals surface area contributed by atoms with Crippen molar-refractivity contribution in [3.63, 3.8) is 0 Å². The summed E-state index contributed by atoms with van der Waals surface area (Å²) in [5.74, 6) is -0.289. The zero-order valence-electron chi connectivity index (χ0n) is 15.4. The van der Waals surface area contributed by atoms with E-state index in [-0.39, 0.29) is 5.78 Å². The molecule has 2 unspecified atom stereocenters. The van der Waals surface area contributed by atoms with Crippen LogP contribution in [0.4, 0.5) is 8.78 Å². The van der Waals surface area contributed by atoms with E-state index >= 15 is 0 Å². The first kappa shape index (κ1) is 20.2. The summed E-state index contributed by atoms with van der Waals surface area (Å²) in [5.41, 5.74) is 0.672. The highest BCUT2D eigenvalue weighted by Crippen LogP contribution is 2.55. The zero-order valence-corrected chi connectivity index (χ0v) is 18.6. The first-order valence-corrected chi connectivity index (χ1v) is 11.4. The lowest BCUT2D eigenvalue weighted by Gasteiger charge is -2.37. The maximum atomic E-state index is 14.8.